The van der Waals surface area contributed by atoms with Crippen LogP contribution >= 0.6 is 23.1 Å². The van der Waals surface area contributed by atoms with Gasteiger partial charge in [0.2, 0.25) is 0 Å². The lowest BCUT2D eigenvalue weighted by Crippen LogP contribution is -2.05. The largest absolute Gasteiger partial charge is 0.462 e. The van der Waals surface area contributed by atoms with Crippen molar-refractivity contribution >= 4 is 50.8 Å². The average Bonchev–Trinajstić information content (AvgIpc) is 2.92. The molecule has 0 fully saturated rings. The SMILES string of the molecule is CCOC(=O)c1sc2cccc(F)c2c1CSc1nc(N)cc(N)n1. The first-order chi connectivity index (χ1) is 12.0. The van der Waals surface area contributed by atoms with Gasteiger partial charge in [-0.05, 0) is 24.6 Å². The van der Waals surface area contributed by atoms with Gasteiger partial charge in [0.15, 0.2) is 5.16 Å². The first kappa shape index (κ1) is 17.4. The van der Waals surface area contributed by atoms with E-state index in [0.717, 1.165) is 0 Å². The molecule has 25 heavy (non-hydrogen) atoms. The number of rotatable bonds is 5. The molecule has 6 nitrogen and oxygen atoms in total. The topological polar surface area (TPSA) is 104 Å². The summed E-state index contributed by atoms with van der Waals surface area (Å²) in [6, 6.07) is 6.21. The Hall–Kier alpha value is -2.39. The molecule has 130 valence electrons. The molecular weight excluding hydrogens is 363 g/mol. The van der Waals surface area contributed by atoms with Crippen LogP contribution in [0, 0.1) is 5.82 Å². The van der Waals surface area contributed by atoms with Crippen LogP contribution in [0.25, 0.3) is 10.1 Å². The van der Waals surface area contributed by atoms with Gasteiger partial charge in [0, 0.05) is 21.9 Å². The lowest BCUT2D eigenvalue weighted by molar-refractivity contribution is 0.0531. The molecule has 2 heterocycles. The van der Waals surface area contributed by atoms with E-state index in [4.69, 9.17) is 16.2 Å². The van der Waals surface area contributed by atoms with Crippen LogP contribution in [0.4, 0.5) is 16.0 Å². The van der Waals surface area contributed by atoms with Crippen molar-refractivity contribution in [2.45, 2.75) is 17.8 Å². The fraction of sp³-hybridized carbons (Fsp3) is 0.188. The number of carbonyl (C=O) groups excluding carboxylic acids is 1. The maximum absolute atomic E-state index is 14.3. The van der Waals surface area contributed by atoms with Gasteiger partial charge < -0.3 is 16.2 Å². The highest BCUT2D eigenvalue weighted by Gasteiger charge is 2.22. The van der Waals surface area contributed by atoms with Crippen LogP contribution in [-0.2, 0) is 10.5 Å². The normalized spacial score (nSPS) is 11.0. The van der Waals surface area contributed by atoms with Gasteiger partial charge in [0.25, 0.3) is 0 Å². The number of aromatic nitrogens is 2. The molecule has 0 aliphatic rings. The molecule has 1 aromatic carbocycles. The summed E-state index contributed by atoms with van der Waals surface area (Å²) in [5.74, 6) is -0.0543. The van der Waals surface area contributed by atoms with Gasteiger partial charge in [-0.1, -0.05) is 17.8 Å². The van der Waals surface area contributed by atoms with Crippen LogP contribution in [-0.4, -0.2) is 22.5 Å². The molecule has 0 spiro atoms. The van der Waals surface area contributed by atoms with Crippen molar-refractivity contribution in [2.24, 2.45) is 0 Å². The van der Waals surface area contributed by atoms with Crippen molar-refractivity contribution in [1.29, 1.82) is 0 Å². The summed E-state index contributed by atoms with van der Waals surface area (Å²) >= 11 is 2.44. The van der Waals surface area contributed by atoms with Gasteiger partial charge in [-0.25, -0.2) is 19.2 Å². The van der Waals surface area contributed by atoms with Crippen LogP contribution in [0.2, 0.25) is 0 Å². The highest BCUT2D eigenvalue weighted by atomic mass is 32.2. The minimum absolute atomic E-state index is 0.247. The van der Waals surface area contributed by atoms with Crippen molar-refractivity contribution < 1.29 is 13.9 Å². The first-order valence-electron chi connectivity index (χ1n) is 7.39. The highest BCUT2D eigenvalue weighted by Crippen LogP contribution is 2.37. The minimum Gasteiger partial charge on any atom is -0.462 e. The second-order valence-electron chi connectivity index (χ2n) is 5.03. The predicted octanol–water partition coefficient (Wildman–Crippen LogP) is 3.46. The Balaban J connectivity index is 2.00. The second-order valence-corrected chi connectivity index (χ2v) is 7.03. The zero-order valence-corrected chi connectivity index (χ0v) is 14.9. The second kappa shape index (κ2) is 7.24. The molecule has 0 radical (unpaired) electrons. The van der Waals surface area contributed by atoms with Crippen LogP contribution in [0.15, 0.2) is 29.4 Å². The Morgan fingerprint density at radius 2 is 2.04 bits per heavy atom. The summed E-state index contributed by atoms with van der Waals surface area (Å²) in [6.45, 7) is 1.97. The number of ether oxygens (including phenoxy) is 1. The molecule has 0 atom stereocenters. The third-order valence-corrected chi connectivity index (χ3v) is 5.37. The number of hydrogen-bond donors (Lipinski definition) is 2. The van der Waals surface area contributed by atoms with E-state index >= 15 is 0 Å². The van der Waals surface area contributed by atoms with E-state index in [1.807, 2.05) is 0 Å². The number of nitrogens with two attached hydrogens (primary N) is 2. The Bertz CT molecular complexity index is 925. The number of benzene rings is 1. The van der Waals surface area contributed by atoms with E-state index in [9.17, 15) is 9.18 Å². The quantitative estimate of drug-likeness (QED) is 0.398. The van der Waals surface area contributed by atoms with E-state index < -0.39 is 5.97 Å². The van der Waals surface area contributed by atoms with Gasteiger partial charge in [0.1, 0.15) is 22.3 Å². The van der Waals surface area contributed by atoms with Crippen LogP contribution in [0.5, 0.6) is 0 Å². The Labute approximate surface area is 151 Å². The number of thioether (sulfide) groups is 1. The number of carbonyl (C=O) groups is 1. The number of anilines is 2. The van der Waals surface area contributed by atoms with Gasteiger partial charge in [0.05, 0.1) is 6.61 Å². The number of esters is 1. The third kappa shape index (κ3) is 3.67. The molecule has 0 saturated carbocycles. The summed E-state index contributed by atoms with van der Waals surface area (Å²) in [5.41, 5.74) is 11.9. The summed E-state index contributed by atoms with van der Waals surface area (Å²) in [5, 5.41) is 0.780. The Morgan fingerprint density at radius 1 is 1.32 bits per heavy atom. The fourth-order valence-corrected chi connectivity index (χ4v) is 4.45. The molecule has 0 aliphatic heterocycles. The molecule has 2 aromatic heterocycles. The Kier molecular flexibility index (Phi) is 5.05. The van der Waals surface area contributed by atoms with Gasteiger partial charge >= 0.3 is 5.97 Å². The van der Waals surface area contributed by atoms with Crippen molar-refractivity contribution in [2.75, 3.05) is 18.1 Å². The smallest absolute Gasteiger partial charge is 0.348 e. The summed E-state index contributed by atoms with van der Waals surface area (Å²) < 4.78 is 20.1. The molecule has 4 N–H and O–H groups in total. The van der Waals surface area contributed by atoms with Gasteiger partial charge in [-0.15, -0.1) is 11.3 Å². The van der Waals surface area contributed by atoms with Crippen LogP contribution in [0.3, 0.4) is 0 Å². The standard InChI is InChI=1S/C16H15FN4O2S2/c1-2-23-15(22)14-8(13-9(17)4-3-5-10(13)25-14)7-24-16-20-11(18)6-12(19)21-16/h3-6H,2,7H2,1H3,(H4,18,19,20,21). The number of nitrogen functional groups attached to an aromatic ring is 2. The Morgan fingerprint density at radius 3 is 2.72 bits per heavy atom. The van der Waals surface area contributed by atoms with Crippen molar-refractivity contribution in [1.82, 2.24) is 9.97 Å². The maximum atomic E-state index is 14.3. The molecule has 3 aromatic rings. The highest BCUT2D eigenvalue weighted by molar-refractivity contribution is 7.98. The zero-order chi connectivity index (χ0) is 18.0. The molecule has 0 aliphatic carbocycles. The molecule has 9 heteroatoms. The molecule has 0 bridgehead atoms. The van der Waals surface area contributed by atoms with E-state index in [-0.39, 0.29) is 29.8 Å². The van der Waals surface area contributed by atoms with E-state index in [1.54, 1.807) is 19.1 Å². The van der Waals surface area contributed by atoms with Crippen molar-refractivity contribution in [3.05, 3.63) is 40.5 Å². The monoisotopic (exact) mass is 378 g/mol. The number of hydrogen-bond acceptors (Lipinski definition) is 8. The number of nitrogens with zero attached hydrogens (tertiary/aromatic N) is 2. The molecule has 0 saturated heterocycles. The molecule has 0 unspecified atom stereocenters. The average molecular weight is 378 g/mol. The zero-order valence-electron chi connectivity index (χ0n) is 13.3. The maximum Gasteiger partial charge on any atom is 0.348 e. The number of thiophene rings is 1. The molecular formula is C16H15FN4O2S2. The molecule has 3 rings (SSSR count). The third-order valence-electron chi connectivity index (χ3n) is 3.31. The minimum atomic E-state index is -0.466. The van der Waals surface area contributed by atoms with Crippen LogP contribution < -0.4 is 11.5 Å². The van der Waals surface area contributed by atoms with Gasteiger partial charge in [-0.3, -0.25) is 0 Å². The van der Waals surface area contributed by atoms with Crippen LogP contribution in [0.1, 0.15) is 22.2 Å². The van der Waals surface area contributed by atoms with E-state index in [2.05, 4.69) is 9.97 Å². The number of halogens is 1. The fourth-order valence-electron chi connectivity index (χ4n) is 2.33. The lowest BCUT2D eigenvalue weighted by atomic mass is 10.1. The summed E-state index contributed by atoms with van der Waals surface area (Å²) in [6.07, 6.45) is 0. The predicted molar refractivity (Wildman–Crippen MR) is 98.2 cm³/mol. The van der Waals surface area contributed by atoms with E-state index in [1.165, 1.54) is 35.2 Å². The van der Waals surface area contributed by atoms with Gasteiger partial charge in [-0.2, -0.15) is 0 Å². The summed E-state index contributed by atoms with van der Waals surface area (Å²) in [4.78, 5) is 20.8. The lowest BCUT2D eigenvalue weighted by Gasteiger charge is -2.06. The van der Waals surface area contributed by atoms with Crippen molar-refractivity contribution in [3.63, 3.8) is 0 Å². The van der Waals surface area contributed by atoms with E-state index in [0.29, 0.717) is 25.7 Å². The summed E-state index contributed by atoms with van der Waals surface area (Å²) in [7, 11) is 0. The molecule has 0 amide bonds. The van der Waals surface area contributed by atoms with Crippen molar-refractivity contribution in [3.8, 4) is 0 Å². The number of fused-ring (bicyclic) bond motifs is 1. The first-order valence-corrected chi connectivity index (χ1v) is 9.19.